The third-order valence-corrected chi connectivity index (χ3v) is 2.46. The van der Waals surface area contributed by atoms with Crippen LogP contribution < -0.4 is 16.8 Å². The number of carbonyl (C=O) groups is 1. The average molecular weight is 282 g/mol. The Morgan fingerprint density at radius 1 is 1.20 bits per heavy atom. The summed E-state index contributed by atoms with van der Waals surface area (Å²) in [5.41, 5.74) is 10.3. The lowest BCUT2D eigenvalue weighted by molar-refractivity contribution is 0.100. The third-order valence-electron chi connectivity index (χ3n) is 2.46. The van der Waals surface area contributed by atoms with Crippen molar-refractivity contribution < 1.29 is 18.0 Å². The number of primary amides is 1. The van der Waals surface area contributed by atoms with Crippen LogP contribution in [0.3, 0.4) is 0 Å². The molecule has 104 valence electrons. The van der Waals surface area contributed by atoms with E-state index in [1.807, 2.05) is 0 Å². The number of aromatic nitrogens is 1. The lowest BCUT2D eigenvalue weighted by Gasteiger charge is -2.10. The van der Waals surface area contributed by atoms with Gasteiger partial charge < -0.3 is 16.8 Å². The van der Waals surface area contributed by atoms with Crippen LogP contribution in [0.4, 0.5) is 30.4 Å². The summed E-state index contributed by atoms with van der Waals surface area (Å²) in [7, 11) is 0. The average Bonchev–Trinajstić information content (AvgIpc) is 2.41. The van der Waals surface area contributed by atoms with Crippen molar-refractivity contribution in [3.63, 3.8) is 0 Å². The van der Waals surface area contributed by atoms with Crippen LogP contribution in [0.5, 0.6) is 0 Å². The van der Waals surface area contributed by atoms with Crippen LogP contribution in [0.2, 0.25) is 0 Å². The van der Waals surface area contributed by atoms with Gasteiger partial charge in [0.05, 0.1) is 23.1 Å². The van der Waals surface area contributed by atoms with E-state index in [4.69, 9.17) is 11.5 Å². The van der Waals surface area contributed by atoms with E-state index < -0.39 is 23.4 Å². The van der Waals surface area contributed by atoms with Crippen molar-refractivity contribution in [1.82, 2.24) is 4.98 Å². The zero-order valence-electron chi connectivity index (χ0n) is 9.95. The molecular weight excluding hydrogens is 273 g/mol. The minimum absolute atomic E-state index is 0.103. The van der Waals surface area contributed by atoms with E-state index in [1.54, 1.807) is 0 Å². The van der Waals surface area contributed by atoms with Crippen LogP contribution in [0.1, 0.15) is 10.4 Å². The Bertz CT molecular complexity index is 691. The molecule has 2 rings (SSSR count). The number of nitrogen functional groups attached to an aromatic ring is 1. The van der Waals surface area contributed by atoms with E-state index in [-0.39, 0.29) is 22.8 Å². The highest BCUT2D eigenvalue weighted by Crippen LogP contribution is 2.25. The van der Waals surface area contributed by atoms with Crippen LogP contribution in [-0.4, -0.2) is 10.9 Å². The van der Waals surface area contributed by atoms with Gasteiger partial charge in [-0.25, -0.2) is 18.2 Å². The predicted molar refractivity (Wildman–Crippen MR) is 66.8 cm³/mol. The normalized spacial score (nSPS) is 10.3. The Labute approximate surface area is 111 Å². The zero-order chi connectivity index (χ0) is 14.9. The fourth-order valence-electron chi connectivity index (χ4n) is 1.52. The van der Waals surface area contributed by atoms with Crippen LogP contribution in [0, 0.1) is 17.5 Å². The first-order valence-corrected chi connectivity index (χ1v) is 5.36. The molecule has 0 unspecified atom stereocenters. The number of nitrogens with two attached hydrogens (primary N) is 2. The highest BCUT2D eigenvalue weighted by atomic mass is 19.2. The quantitative estimate of drug-likeness (QED) is 0.750. The monoisotopic (exact) mass is 282 g/mol. The first kappa shape index (κ1) is 13.7. The molecule has 0 spiro atoms. The first-order valence-electron chi connectivity index (χ1n) is 5.36. The Hall–Kier alpha value is -2.77. The second-order valence-corrected chi connectivity index (χ2v) is 3.88. The molecule has 0 atom stereocenters. The molecule has 0 aliphatic rings. The zero-order valence-corrected chi connectivity index (χ0v) is 9.95. The number of pyridine rings is 1. The summed E-state index contributed by atoms with van der Waals surface area (Å²) >= 11 is 0. The Balaban J connectivity index is 2.45. The number of hydrogen-bond acceptors (Lipinski definition) is 4. The van der Waals surface area contributed by atoms with Crippen molar-refractivity contribution in [2.45, 2.75) is 0 Å². The minimum atomic E-state index is -1.63. The van der Waals surface area contributed by atoms with Crippen molar-refractivity contribution in [1.29, 1.82) is 0 Å². The molecule has 0 aliphatic heterocycles. The standard InChI is InChI=1S/C12H9F3N4O/c13-7-1-2-8(10(15)9(7)14)19-12-6(11(17)20)3-5(16)4-18-12/h1-4H,16H2,(H2,17,20)(H,18,19). The second kappa shape index (κ2) is 5.08. The lowest BCUT2D eigenvalue weighted by Crippen LogP contribution is -2.15. The fourth-order valence-corrected chi connectivity index (χ4v) is 1.52. The molecule has 0 radical (unpaired) electrons. The Morgan fingerprint density at radius 3 is 2.55 bits per heavy atom. The van der Waals surface area contributed by atoms with E-state index in [0.717, 1.165) is 12.1 Å². The summed E-state index contributed by atoms with van der Waals surface area (Å²) in [5.74, 6) is -5.36. The second-order valence-electron chi connectivity index (χ2n) is 3.88. The van der Waals surface area contributed by atoms with Crippen molar-refractivity contribution in [3.8, 4) is 0 Å². The number of rotatable bonds is 3. The Kier molecular flexibility index (Phi) is 3.47. The van der Waals surface area contributed by atoms with E-state index in [0.29, 0.717) is 0 Å². The summed E-state index contributed by atoms with van der Waals surface area (Å²) in [6, 6.07) is 2.94. The van der Waals surface area contributed by atoms with Gasteiger partial charge in [0.1, 0.15) is 5.82 Å². The maximum Gasteiger partial charge on any atom is 0.252 e. The van der Waals surface area contributed by atoms with Gasteiger partial charge in [0, 0.05) is 0 Å². The number of hydrogen-bond donors (Lipinski definition) is 3. The molecular formula is C12H9F3N4O. The molecule has 1 heterocycles. The van der Waals surface area contributed by atoms with Gasteiger partial charge in [-0.2, -0.15) is 0 Å². The fraction of sp³-hybridized carbons (Fsp3) is 0. The number of halogens is 3. The lowest BCUT2D eigenvalue weighted by atomic mass is 10.2. The SMILES string of the molecule is NC(=O)c1cc(N)cnc1Nc1ccc(F)c(F)c1F. The highest BCUT2D eigenvalue weighted by Gasteiger charge is 2.16. The molecule has 0 bridgehead atoms. The first-order chi connectivity index (χ1) is 9.40. The van der Waals surface area contributed by atoms with E-state index >= 15 is 0 Å². The van der Waals surface area contributed by atoms with Gasteiger partial charge in [0.15, 0.2) is 17.5 Å². The molecule has 0 fully saturated rings. The summed E-state index contributed by atoms with van der Waals surface area (Å²) < 4.78 is 39.4. The van der Waals surface area contributed by atoms with Crippen molar-refractivity contribution in [3.05, 3.63) is 47.4 Å². The number of amides is 1. The molecule has 20 heavy (non-hydrogen) atoms. The number of anilines is 3. The summed E-state index contributed by atoms with van der Waals surface area (Å²) in [6.45, 7) is 0. The molecule has 8 heteroatoms. The highest BCUT2D eigenvalue weighted by molar-refractivity contribution is 5.99. The van der Waals surface area contributed by atoms with Gasteiger partial charge >= 0.3 is 0 Å². The molecule has 1 amide bonds. The minimum Gasteiger partial charge on any atom is -0.397 e. The smallest absolute Gasteiger partial charge is 0.252 e. The van der Waals surface area contributed by atoms with Gasteiger partial charge in [0.2, 0.25) is 0 Å². The molecule has 2 aromatic rings. The number of nitrogens with one attached hydrogen (secondary N) is 1. The van der Waals surface area contributed by atoms with Crippen LogP contribution in [0.15, 0.2) is 24.4 Å². The van der Waals surface area contributed by atoms with Crippen molar-refractivity contribution in [2.75, 3.05) is 11.1 Å². The molecule has 5 N–H and O–H groups in total. The third kappa shape index (κ3) is 2.48. The Morgan fingerprint density at radius 2 is 1.90 bits per heavy atom. The molecule has 0 aliphatic carbocycles. The number of carbonyl (C=O) groups excluding carboxylic acids is 1. The molecule has 1 aromatic carbocycles. The van der Waals surface area contributed by atoms with Gasteiger partial charge in [-0.15, -0.1) is 0 Å². The van der Waals surface area contributed by atoms with Gasteiger partial charge in [-0.1, -0.05) is 0 Å². The van der Waals surface area contributed by atoms with Crippen LogP contribution in [-0.2, 0) is 0 Å². The van der Waals surface area contributed by atoms with Crippen molar-refractivity contribution in [2.24, 2.45) is 5.73 Å². The summed E-state index contributed by atoms with van der Waals surface area (Å²) in [4.78, 5) is 15.0. The van der Waals surface area contributed by atoms with E-state index in [1.165, 1.54) is 12.3 Å². The van der Waals surface area contributed by atoms with Gasteiger partial charge in [-0.05, 0) is 18.2 Å². The number of nitrogens with zero attached hydrogens (tertiary/aromatic N) is 1. The largest absolute Gasteiger partial charge is 0.397 e. The molecule has 0 saturated heterocycles. The summed E-state index contributed by atoms with van der Waals surface area (Å²) in [5, 5.41) is 2.37. The van der Waals surface area contributed by atoms with Gasteiger partial charge in [0.25, 0.3) is 5.91 Å². The predicted octanol–water partition coefficient (Wildman–Crippen LogP) is 1.92. The maximum absolute atomic E-state index is 13.5. The maximum atomic E-state index is 13.5. The molecule has 5 nitrogen and oxygen atoms in total. The van der Waals surface area contributed by atoms with E-state index in [9.17, 15) is 18.0 Å². The van der Waals surface area contributed by atoms with Crippen LogP contribution >= 0.6 is 0 Å². The molecule has 0 saturated carbocycles. The summed E-state index contributed by atoms with van der Waals surface area (Å²) in [6.07, 6.45) is 1.20. The van der Waals surface area contributed by atoms with E-state index in [2.05, 4.69) is 10.3 Å². The van der Waals surface area contributed by atoms with Crippen molar-refractivity contribution >= 4 is 23.1 Å². The molecule has 1 aromatic heterocycles. The van der Waals surface area contributed by atoms with Gasteiger partial charge in [-0.3, -0.25) is 4.79 Å². The number of benzene rings is 1. The topological polar surface area (TPSA) is 94.0 Å². The van der Waals surface area contributed by atoms with Crippen LogP contribution in [0.25, 0.3) is 0 Å².